The third kappa shape index (κ3) is 4.06. The zero-order valence-electron chi connectivity index (χ0n) is 21.9. The minimum Gasteiger partial charge on any atom is -0.493 e. The molecular formula is C30H28ClN3O5. The Morgan fingerprint density at radius 3 is 2.33 bits per heavy atom. The highest BCUT2D eigenvalue weighted by atomic mass is 35.5. The standard InChI is InChI=1S/C30H28ClN3O5/c1-37-24-12-18(13-25(38-2)29(24)39-3)28-27-20(19-9-5-7-11-22(19)32-27)14-23-30(36)33(16-26(35)34(23)28)15-17-8-4-6-10-21(17)31/h4-13,23,28,32H,14-16H2,1-3H3. The molecule has 0 saturated carbocycles. The Kier molecular flexibility index (Phi) is 6.35. The lowest BCUT2D eigenvalue weighted by Gasteiger charge is -2.47. The summed E-state index contributed by atoms with van der Waals surface area (Å²) >= 11 is 6.40. The number of piperazine rings is 1. The van der Waals surface area contributed by atoms with Crippen LogP contribution in [0.5, 0.6) is 17.2 Å². The third-order valence-corrected chi connectivity index (χ3v) is 8.03. The first-order chi connectivity index (χ1) is 18.9. The van der Waals surface area contributed by atoms with Gasteiger partial charge in [-0.25, -0.2) is 0 Å². The molecule has 1 aromatic heterocycles. The second-order valence-electron chi connectivity index (χ2n) is 9.73. The van der Waals surface area contributed by atoms with Gasteiger partial charge < -0.3 is 29.0 Å². The fraction of sp³-hybridized carbons (Fsp3) is 0.267. The summed E-state index contributed by atoms with van der Waals surface area (Å²) < 4.78 is 16.8. The Labute approximate surface area is 231 Å². The minimum atomic E-state index is -0.676. The summed E-state index contributed by atoms with van der Waals surface area (Å²) in [4.78, 5) is 34.8. The van der Waals surface area contributed by atoms with Crippen LogP contribution >= 0.6 is 11.6 Å². The summed E-state index contributed by atoms with van der Waals surface area (Å²) in [5.41, 5.74) is 4.41. The number of rotatable bonds is 6. The number of hydrogen-bond acceptors (Lipinski definition) is 5. The van der Waals surface area contributed by atoms with E-state index in [1.54, 1.807) is 37.2 Å². The van der Waals surface area contributed by atoms with E-state index in [0.717, 1.165) is 33.3 Å². The quantitative estimate of drug-likeness (QED) is 0.379. The normalized spacial score (nSPS) is 18.7. The number of fused-ring (bicyclic) bond motifs is 4. The number of aromatic amines is 1. The maximum atomic E-state index is 14.0. The van der Waals surface area contributed by atoms with E-state index in [1.807, 2.05) is 54.6 Å². The van der Waals surface area contributed by atoms with Crippen LogP contribution in [0.2, 0.25) is 5.02 Å². The lowest BCUT2D eigenvalue weighted by molar-refractivity contribution is -0.159. The molecule has 200 valence electrons. The topological polar surface area (TPSA) is 84.1 Å². The number of carbonyl (C=O) groups excluding carboxylic acids is 2. The maximum Gasteiger partial charge on any atom is 0.246 e. The second kappa shape index (κ2) is 9.85. The zero-order chi connectivity index (χ0) is 27.3. The molecule has 39 heavy (non-hydrogen) atoms. The number of nitrogens with one attached hydrogen (secondary N) is 1. The fourth-order valence-corrected chi connectivity index (χ4v) is 6.09. The molecule has 6 rings (SSSR count). The summed E-state index contributed by atoms with van der Waals surface area (Å²) in [6.45, 7) is 0.223. The van der Waals surface area contributed by atoms with Gasteiger partial charge in [0, 0.05) is 34.6 Å². The molecular weight excluding hydrogens is 518 g/mol. The van der Waals surface area contributed by atoms with Crippen LogP contribution in [0.25, 0.3) is 10.9 Å². The minimum absolute atomic E-state index is 0.0446. The van der Waals surface area contributed by atoms with Gasteiger partial charge in [0.15, 0.2) is 11.5 Å². The predicted molar refractivity (Wildman–Crippen MR) is 147 cm³/mol. The number of halogens is 1. The van der Waals surface area contributed by atoms with Gasteiger partial charge in [-0.05, 0) is 41.0 Å². The van der Waals surface area contributed by atoms with Crippen molar-refractivity contribution in [2.24, 2.45) is 0 Å². The van der Waals surface area contributed by atoms with Crippen molar-refractivity contribution in [1.82, 2.24) is 14.8 Å². The monoisotopic (exact) mass is 545 g/mol. The van der Waals surface area contributed by atoms with Crippen molar-refractivity contribution in [1.29, 1.82) is 0 Å². The average Bonchev–Trinajstić information content (AvgIpc) is 3.33. The molecule has 2 aliphatic rings. The van der Waals surface area contributed by atoms with Gasteiger partial charge in [-0.1, -0.05) is 48.0 Å². The number of aromatic nitrogens is 1. The number of carbonyl (C=O) groups is 2. The average molecular weight is 546 g/mol. The summed E-state index contributed by atoms with van der Waals surface area (Å²) in [6, 6.07) is 17.8. The summed E-state index contributed by atoms with van der Waals surface area (Å²) in [7, 11) is 4.66. The fourth-order valence-electron chi connectivity index (χ4n) is 5.90. The Morgan fingerprint density at radius 2 is 1.64 bits per heavy atom. The van der Waals surface area contributed by atoms with Gasteiger partial charge in [0.25, 0.3) is 0 Å². The van der Waals surface area contributed by atoms with E-state index in [2.05, 4.69) is 4.98 Å². The molecule has 8 nitrogen and oxygen atoms in total. The molecule has 1 fully saturated rings. The van der Waals surface area contributed by atoms with Crippen LogP contribution < -0.4 is 14.2 Å². The van der Waals surface area contributed by atoms with Crippen molar-refractivity contribution in [3.8, 4) is 17.2 Å². The molecule has 2 unspecified atom stereocenters. The van der Waals surface area contributed by atoms with E-state index >= 15 is 0 Å². The molecule has 9 heteroatoms. The van der Waals surface area contributed by atoms with E-state index in [0.29, 0.717) is 28.7 Å². The Hall–Kier alpha value is -4.17. The van der Waals surface area contributed by atoms with E-state index < -0.39 is 12.1 Å². The Bertz CT molecular complexity index is 1570. The van der Waals surface area contributed by atoms with E-state index in [9.17, 15) is 9.59 Å². The van der Waals surface area contributed by atoms with Crippen LogP contribution in [-0.4, -0.2) is 60.5 Å². The summed E-state index contributed by atoms with van der Waals surface area (Å²) in [6.07, 6.45) is 0.407. The van der Waals surface area contributed by atoms with Gasteiger partial charge in [0.2, 0.25) is 17.6 Å². The highest BCUT2D eigenvalue weighted by Crippen LogP contribution is 2.47. The van der Waals surface area contributed by atoms with Crippen LogP contribution in [-0.2, 0) is 22.6 Å². The highest BCUT2D eigenvalue weighted by molar-refractivity contribution is 6.31. The van der Waals surface area contributed by atoms with Crippen LogP contribution in [0.3, 0.4) is 0 Å². The van der Waals surface area contributed by atoms with E-state index in [4.69, 9.17) is 25.8 Å². The number of ether oxygens (including phenoxy) is 3. The molecule has 1 N–H and O–H groups in total. The zero-order valence-corrected chi connectivity index (χ0v) is 22.6. The van der Waals surface area contributed by atoms with E-state index in [-0.39, 0.29) is 24.9 Å². The first-order valence-corrected chi connectivity index (χ1v) is 13.1. The SMILES string of the molecule is COc1cc(C2c3[nH]c4ccccc4c3CC3C(=O)N(Cc4ccccc4Cl)CC(=O)N32)cc(OC)c1OC. The lowest BCUT2D eigenvalue weighted by Crippen LogP contribution is -2.62. The molecule has 2 atom stereocenters. The number of amides is 2. The van der Waals surface area contributed by atoms with Gasteiger partial charge >= 0.3 is 0 Å². The number of H-pyrrole nitrogens is 1. The third-order valence-electron chi connectivity index (χ3n) is 7.66. The number of hydrogen-bond donors (Lipinski definition) is 1. The molecule has 0 radical (unpaired) electrons. The molecule has 2 amide bonds. The van der Waals surface area contributed by atoms with Crippen molar-refractivity contribution < 1.29 is 23.8 Å². The van der Waals surface area contributed by atoms with Crippen LogP contribution in [0.4, 0.5) is 0 Å². The van der Waals surface area contributed by atoms with Gasteiger partial charge in [-0.15, -0.1) is 0 Å². The van der Waals surface area contributed by atoms with Crippen molar-refractivity contribution in [2.45, 2.75) is 25.0 Å². The van der Waals surface area contributed by atoms with Crippen molar-refractivity contribution in [2.75, 3.05) is 27.9 Å². The van der Waals surface area contributed by atoms with Gasteiger partial charge in [-0.3, -0.25) is 9.59 Å². The van der Waals surface area contributed by atoms with Gasteiger partial charge in [0.05, 0.1) is 27.4 Å². The second-order valence-corrected chi connectivity index (χ2v) is 10.1. The lowest BCUT2D eigenvalue weighted by atomic mass is 9.86. The van der Waals surface area contributed by atoms with Gasteiger partial charge in [-0.2, -0.15) is 0 Å². The molecule has 3 aromatic carbocycles. The Balaban J connectivity index is 1.50. The number of nitrogens with zero attached hydrogens (tertiary/aromatic N) is 2. The first-order valence-electron chi connectivity index (χ1n) is 12.7. The highest BCUT2D eigenvalue weighted by Gasteiger charge is 2.48. The van der Waals surface area contributed by atoms with Crippen molar-refractivity contribution in [3.05, 3.63) is 88.1 Å². The molecule has 2 aliphatic heterocycles. The van der Waals surface area contributed by atoms with Crippen molar-refractivity contribution >= 4 is 34.3 Å². The molecule has 0 bridgehead atoms. The van der Waals surface area contributed by atoms with Crippen LogP contribution in [0.15, 0.2) is 60.7 Å². The summed E-state index contributed by atoms with van der Waals surface area (Å²) in [5.74, 6) is 1.16. The first kappa shape index (κ1) is 25.1. The molecule has 0 aliphatic carbocycles. The molecule has 4 aromatic rings. The number of benzene rings is 3. The predicted octanol–water partition coefficient (Wildman–Crippen LogP) is 4.73. The van der Waals surface area contributed by atoms with E-state index in [1.165, 1.54) is 0 Å². The van der Waals surface area contributed by atoms with Crippen molar-refractivity contribution in [3.63, 3.8) is 0 Å². The van der Waals surface area contributed by atoms with Crippen LogP contribution in [0, 0.1) is 0 Å². The smallest absolute Gasteiger partial charge is 0.246 e. The molecule has 0 spiro atoms. The Morgan fingerprint density at radius 1 is 0.949 bits per heavy atom. The molecule has 1 saturated heterocycles. The molecule has 3 heterocycles. The number of methoxy groups -OCH3 is 3. The largest absolute Gasteiger partial charge is 0.493 e. The number of para-hydroxylation sites is 1. The van der Waals surface area contributed by atoms with Gasteiger partial charge in [0.1, 0.15) is 12.6 Å². The maximum absolute atomic E-state index is 14.0. The van der Waals surface area contributed by atoms with Crippen LogP contribution in [0.1, 0.15) is 28.4 Å². The summed E-state index contributed by atoms with van der Waals surface area (Å²) in [5, 5.41) is 1.60.